The number of nitrogens with zero attached hydrogens (tertiary/aromatic N) is 1. The van der Waals surface area contributed by atoms with Crippen LogP contribution in [-0.4, -0.2) is 36.0 Å². The fraction of sp³-hybridized carbons (Fsp3) is 0.500. The van der Waals surface area contributed by atoms with E-state index in [2.05, 4.69) is 0 Å². The summed E-state index contributed by atoms with van der Waals surface area (Å²) in [6.07, 6.45) is 2.23. The summed E-state index contributed by atoms with van der Waals surface area (Å²) in [5.74, 6) is 0.167. The first-order valence-electron chi connectivity index (χ1n) is 5.73. The summed E-state index contributed by atoms with van der Waals surface area (Å²) in [5, 5.41) is 0. The van der Waals surface area contributed by atoms with Gasteiger partial charge < -0.3 is 0 Å². The van der Waals surface area contributed by atoms with Crippen molar-refractivity contribution >= 4 is 20.8 Å². The van der Waals surface area contributed by atoms with Crippen molar-refractivity contribution in [1.82, 2.24) is 4.31 Å². The van der Waals surface area contributed by atoms with Crippen LogP contribution in [0.3, 0.4) is 0 Å². The Balaban J connectivity index is 2.76. The maximum atomic E-state index is 11.8. The van der Waals surface area contributed by atoms with Crippen LogP contribution in [0.4, 0.5) is 0 Å². The molecule has 0 saturated heterocycles. The largest absolute Gasteiger partial charge is 0.255 e. The number of sulfonamides is 1. The third-order valence-electron chi connectivity index (χ3n) is 2.60. The summed E-state index contributed by atoms with van der Waals surface area (Å²) in [6.45, 7) is 2.19. The lowest BCUT2D eigenvalue weighted by molar-refractivity contribution is 0.466. The molecule has 1 unspecified atom stereocenters. The van der Waals surface area contributed by atoms with E-state index < -0.39 is 20.8 Å². The minimum Gasteiger partial charge on any atom is -0.255 e. The van der Waals surface area contributed by atoms with Gasteiger partial charge in [0.15, 0.2) is 0 Å². The van der Waals surface area contributed by atoms with E-state index in [-0.39, 0.29) is 5.75 Å². The molecule has 0 fully saturated rings. The van der Waals surface area contributed by atoms with Crippen LogP contribution in [0.5, 0.6) is 0 Å². The Morgan fingerprint density at radius 1 is 1.22 bits per heavy atom. The van der Waals surface area contributed by atoms with Gasteiger partial charge in [-0.25, -0.2) is 12.7 Å². The van der Waals surface area contributed by atoms with Crippen molar-refractivity contribution in [3.05, 3.63) is 29.8 Å². The zero-order chi connectivity index (χ0) is 13.8. The van der Waals surface area contributed by atoms with E-state index in [1.165, 1.54) is 4.31 Å². The first-order chi connectivity index (χ1) is 8.36. The quantitative estimate of drug-likeness (QED) is 0.799. The monoisotopic (exact) mass is 289 g/mol. The second-order valence-electron chi connectivity index (χ2n) is 4.17. The van der Waals surface area contributed by atoms with Crippen molar-refractivity contribution in [2.75, 3.05) is 19.1 Å². The van der Waals surface area contributed by atoms with Crippen LogP contribution < -0.4 is 0 Å². The van der Waals surface area contributed by atoms with Crippen LogP contribution in [0.1, 0.15) is 18.9 Å². The molecule has 1 aromatic carbocycles. The minimum absolute atomic E-state index is 0.167. The van der Waals surface area contributed by atoms with Gasteiger partial charge in [-0.1, -0.05) is 19.1 Å². The molecule has 0 aliphatic heterocycles. The van der Waals surface area contributed by atoms with Gasteiger partial charge in [-0.15, -0.1) is 0 Å². The third kappa shape index (κ3) is 4.19. The lowest BCUT2D eigenvalue weighted by Gasteiger charge is -2.16. The van der Waals surface area contributed by atoms with Crippen LogP contribution in [-0.2, 0) is 27.4 Å². The van der Waals surface area contributed by atoms with Crippen molar-refractivity contribution in [2.45, 2.75) is 24.8 Å². The van der Waals surface area contributed by atoms with E-state index in [0.717, 1.165) is 10.5 Å². The second kappa shape index (κ2) is 6.45. The van der Waals surface area contributed by atoms with Gasteiger partial charge in [0.25, 0.3) is 0 Å². The highest BCUT2D eigenvalue weighted by Gasteiger charge is 2.16. The van der Waals surface area contributed by atoms with Gasteiger partial charge in [0.05, 0.1) is 5.75 Å². The smallest absolute Gasteiger partial charge is 0.214 e. The van der Waals surface area contributed by atoms with Gasteiger partial charge in [0.1, 0.15) is 0 Å². The molecule has 0 saturated carbocycles. The summed E-state index contributed by atoms with van der Waals surface area (Å²) in [7, 11) is -2.58. The summed E-state index contributed by atoms with van der Waals surface area (Å²) in [4.78, 5) is 0.748. The van der Waals surface area contributed by atoms with Crippen LogP contribution >= 0.6 is 0 Å². The molecule has 6 heteroatoms. The highest BCUT2D eigenvalue weighted by molar-refractivity contribution is 7.89. The molecule has 102 valence electrons. The van der Waals surface area contributed by atoms with Gasteiger partial charge in [0.2, 0.25) is 10.0 Å². The maximum absolute atomic E-state index is 11.8. The highest BCUT2D eigenvalue weighted by Crippen LogP contribution is 2.11. The lowest BCUT2D eigenvalue weighted by Crippen LogP contribution is -2.28. The molecule has 1 aromatic rings. The van der Waals surface area contributed by atoms with E-state index in [9.17, 15) is 12.6 Å². The van der Waals surface area contributed by atoms with Crippen molar-refractivity contribution in [1.29, 1.82) is 0 Å². The number of rotatable bonds is 6. The zero-order valence-electron chi connectivity index (χ0n) is 10.9. The number of benzene rings is 1. The molecule has 4 nitrogen and oxygen atoms in total. The number of hydrogen-bond donors (Lipinski definition) is 0. The normalized spacial score (nSPS) is 13.8. The van der Waals surface area contributed by atoms with E-state index in [4.69, 9.17) is 0 Å². The fourth-order valence-electron chi connectivity index (χ4n) is 1.56. The summed E-state index contributed by atoms with van der Waals surface area (Å²) >= 11 is 0. The molecule has 0 aliphatic rings. The molecule has 0 aromatic heterocycles. The van der Waals surface area contributed by atoms with Crippen molar-refractivity contribution in [3.8, 4) is 0 Å². The molecule has 0 spiro atoms. The SMILES string of the molecule is CCCS(=O)(=O)N(C)Cc1ccc(S(C)=O)cc1. The molecular weight excluding hydrogens is 270 g/mol. The zero-order valence-corrected chi connectivity index (χ0v) is 12.6. The molecular formula is C12H19NO3S2. The molecule has 1 atom stereocenters. The Kier molecular flexibility index (Phi) is 5.49. The predicted octanol–water partition coefficient (Wildman–Crippen LogP) is 1.60. The maximum Gasteiger partial charge on any atom is 0.214 e. The molecule has 0 aliphatic carbocycles. The summed E-state index contributed by atoms with van der Waals surface area (Å²) in [6, 6.07) is 7.17. The molecule has 18 heavy (non-hydrogen) atoms. The first-order valence-corrected chi connectivity index (χ1v) is 8.90. The van der Waals surface area contributed by atoms with Crippen LogP contribution in [0, 0.1) is 0 Å². The number of hydrogen-bond acceptors (Lipinski definition) is 3. The summed E-state index contributed by atoms with van der Waals surface area (Å²) in [5.41, 5.74) is 0.895. The molecule has 0 radical (unpaired) electrons. The summed E-state index contributed by atoms with van der Waals surface area (Å²) < 4.78 is 36.2. The molecule has 0 heterocycles. The Hall–Kier alpha value is -0.720. The third-order valence-corrected chi connectivity index (χ3v) is 5.54. The Bertz CT molecular complexity index is 509. The fourth-order valence-corrected chi connectivity index (χ4v) is 3.25. The average molecular weight is 289 g/mol. The van der Waals surface area contributed by atoms with Crippen molar-refractivity contribution < 1.29 is 12.6 Å². The minimum atomic E-state index is -3.16. The van der Waals surface area contributed by atoms with E-state index in [1.54, 1.807) is 25.4 Å². The standard InChI is InChI=1S/C12H19NO3S2/c1-4-9-18(15,16)13(2)10-11-5-7-12(8-6-11)17(3)14/h5-8H,4,9-10H2,1-3H3. The van der Waals surface area contributed by atoms with E-state index in [0.29, 0.717) is 13.0 Å². The van der Waals surface area contributed by atoms with Crippen LogP contribution in [0.2, 0.25) is 0 Å². The first kappa shape index (κ1) is 15.3. The Morgan fingerprint density at radius 2 is 1.78 bits per heavy atom. The van der Waals surface area contributed by atoms with Gasteiger partial charge >= 0.3 is 0 Å². The van der Waals surface area contributed by atoms with Crippen molar-refractivity contribution in [3.63, 3.8) is 0 Å². The molecule has 0 amide bonds. The van der Waals surface area contributed by atoms with Gasteiger partial charge in [-0.05, 0) is 24.1 Å². The van der Waals surface area contributed by atoms with Crippen molar-refractivity contribution in [2.24, 2.45) is 0 Å². The molecule has 0 N–H and O–H groups in total. The van der Waals surface area contributed by atoms with Crippen LogP contribution in [0.25, 0.3) is 0 Å². The highest BCUT2D eigenvalue weighted by atomic mass is 32.2. The van der Waals surface area contributed by atoms with Crippen LogP contribution in [0.15, 0.2) is 29.2 Å². The predicted molar refractivity (Wildman–Crippen MR) is 74.3 cm³/mol. The topological polar surface area (TPSA) is 54.5 Å². The van der Waals surface area contributed by atoms with Gasteiger partial charge in [-0.2, -0.15) is 0 Å². The van der Waals surface area contributed by atoms with Gasteiger partial charge in [0, 0.05) is 35.5 Å². The average Bonchev–Trinajstić information content (AvgIpc) is 2.29. The Morgan fingerprint density at radius 3 is 2.22 bits per heavy atom. The van der Waals surface area contributed by atoms with Gasteiger partial charge in [-0.3, -0.25) is 4.21 Å². The Labute approximate surface area is 112 Å². The lowest BCUT2D eigenvalue weighted by atomic mass is 10.2. The second-order valence-corrected chi connectivity index (χ2v) is 7.75. The van der Waals surface area contributed by atoms with E-state index in [1.807, 2.05) is 19.1 Å². The van der Waals surface area contributed by atoms with E-state index >= 15 is 0 Å². The molecule has 1 rings (SSSR count). The molecule has 0 bridgehead atoms.